The molecule has 0 aliphatic rings. The van der Waals surface area contributed by atoms with E-state index in [0.717, 1.165) is 0 Å². The molecule has 15 heteroatoms. The fourth-order valence-electron chi connectivity index (χ4n) is 2.54. The summed E-state index contributed by atoms with van der Waals surface area (Å²) in [7, 11) is 0. The number of halogens is 14. The Kier molecular flexibility index (Phi) is 7.27. The molecule has 31 heavy (non-hydrogen) atoms. The zero-order chi connectivity index (χ0) is 24.7. The predicted molar refractivity (Wildman–Crippen MR) is 74.7 cm³/mol. The number of hydrogen-bond donors (Lipinski definition) is 0. The molecule has 0 spiro atoms. The molecule has 0 N–H and O–H groups in total. The van der Waals surface area contributed by atoms with Crippen LogP contribution < -0.4 is 0 Å². The molecule has 1 aromatic rings. The van der Waals surface area contributed by atoms with Crippen molar-refractivity contribution in [2.45, 2.75) is 55.3 Å². The Balaban J connectivity index is 3.86. The lowest BCUT2D eigenvalue weighted by atomic mass is 9.86. The highest BCUT2D eigenvalue weighted by molar-refractivity contribution is 5.43. The van der Waals surface area contributed by atoms with Crippen LogP contribution in [0, 0.1) is 0 Å². The number of benzene rings is 1. The van der Waals surface area contributed by atoms with Crippen LogP contribution in [0.4, 0.5) is 61.5 Å². The topological polar surface area (TPSA) is 19.9 Å². The van der Waals surface area contributed by atoms with Gasteiger partial charge >= 0.3 is 36.0 Å². The van der Waals surface area contributed by atoms with Crippen molar-refractivity contribution in [3.63, 3.8) is 0 Å². The second kappa shape index (κ2) is 8.28. The zero-order valence-electron chi connectivity index (χ0n) is 14.8. The Morgan fingerprint density at radius 3 is 1.23 bits per heavy atom. The molecule has 0 amide bonds. The molecule has 0 atom stereocenters. The quantitative estimate of drug-likeness (QED) is 0.279. The molecule has 1 rings (SSSR count). The van der Waals surface area contributed by atoms with Gasteiger partial charge in [-0.2, -0.15) is 61.5 Å². The van der Waals surface area contributed by atoms with E-state index in [1.807, 2.05) is 0 Å². The average Bonchev–Trinajstić information content (AvgIpc) is 2.59. The van der Waals surface area contributed by atoms with Crippen molar-refractivity contribution in [3.8, 4) is 0 Å². The first kappa shape index (κ1) is 27.2. The minimum absolute atomic E-state index is 0.0809. The molecule has 0 aliphatic carbocycles. The third-order valence-corrected chi connectivity index (χ3v) is 4.17. The summed E-state index contributed by atoms with van der Waals surface area (Å²) in [6, 6.07) is -0.530. The van der Waals surface area contributed by atoms with E-state index in [9.17, 15) is 66.6 Å². The van der Waals surface area contributed by atoms with Gasteiger partial charge in [-0.25, -0.2) is 5.11 Å². The smallest absolute Gasteiger partial charge is 0.237 e. The van der Waals surface area contributed by atoms with E-state index in [0.29, 0.717) is 0 Å². The first-order valence-electron chi connectivity index (χ1n) is 8.03. The fraction of sp³-hybridized carbons (Fsp3) is 0.625. The maximum Gasteiger partial charge on any atom is 0.460 e. The highest BCUT2D eigenvalue weighted by Gasteiger charge is 2.76. The van der Waals surface area contributed by atoms with E-state index in [4.69, 9.17) is 0 Å². The molecule has 0 saturated heterocycles. The van der Waals surface area contributed by atoms with Gasteiger partial charge in [-0.05, 0) is 24.8 Å². The van der Waals surface area contributed by atoms with Gasteiger partial charge in [-0.1, -0.05) is 18.2 Å². The Labute approximate surface area is 164 Å². The van der Waals surface area contributed by atoms with Crippen molar-refractivity contribution in [1.29, 1.82) is 0 Å². The summed E-state index contributed by atoms with van der Waals surface area (Å²) in [6.07, 6.45) is -16.6. The van der Waals surface area contributed by atoms with Crippen molar-refractivity contribution >= 4 is 0 Å². The Morgan fingerprint density at radius 2 is 0.935 bits per heavy atom. The van der Waals surface area contributed by atoms with Crippen LogP contribution in [0.15, 0.2) is 18.2 Å². The Morgan fingerprint density at radius 1 is 0.581 bits per heavy atom. The minimum atomic E-state index is -6.93. The monoisotopic (exact) mass is 485 g/mol. The number of alkyl halides is 14. The summed E-state index contributed by atoms with van der Waals surface area (Å²) in [5.74, 6) is -26.4. The lowest BCUT2D eigenvalue weighted by Gasteiger charge is -2.33. The van der Waals surface area contributed by atoms with Gasteiger partial charge in [-0.15, -0.1) is 0 Å². The summed E-state index contributed by atoms with van der Waals surface area (Å²) in [5.41, 5.74) is -7.01. The second-order valence-electron chi connectivity index (χ2n) is 6.29. The van der Waals surface area contributed by atoms with E-state index in [1.54, 1.807) is 0 Å². The van der Waals surface area contributed by atoms with Crippen LogP contribution in [-0.2, 0) is 23.4 Å². The normalized spacial score (nSPS) is 14.8. The molecule has 179 valence electrons. The second-order valence-corrected chi connectivity index (χ2v) is 6.29. The number of rotatable bonds is 8. The predicted octanol–water partition coefficient (Wildman–Crippen LogP) is 7.02. The van der Waals surface area contributed by atoms with Gasteiger partial charge in [0.1, 0.15) is 0 Å². The zero-order valence-corrected chi connectivity index (χ0v) is 14.8. The van der Waals surface area contributed by atoms with Gasteiger partial charge in [-0.3, -0.25) is 0 Å². The lowest BCUT2D eigenvalue weighted by molar-refractivity contribution is -0.361. The van der Waals surface area contributed by atoms with Gasteiger partial charge < -0.3 is 0 Å². The SMILES string of the molecule is [O]CCCCc1c(C(F)(F)C(F)(F)C(F)(F)F)cccc1C(F)(F)C(F)(F)C(F)(F)F. The summed E-state index contributed by atoms with van der Waals surface area (Å²) < 4.78 is 185. The standard InChI is InChI=1S/C16H11F14O/c17-11(18,13(21,22)15(25,26)27)9-5-3-6-10(8(9)4-1-2-7-31)12(19,20)14(23,24)16(28,29)30/h3,5-6H,1-2,4,7H2. The van der Waals surface area contributed by atoms with Crippen LogP contribution in [0.2, 0.25) is 0 Å². The summed E-state index contributed by atoms with van der Waals surface area (Å²) in [6.45, 7) is -1.01. The van der Waals surface area contributed by atoms with Gasteiger partial charge in [0.2, 0.25) is 0 Å². The van der Waals surface area contributed by atoms with Crippen LogP contribution in [-0.4, -0.2) is 30.8 Å². The summed E-state index contributed by atoms with van der Waals surface area (Å²) in [5, 5.41) is 10.4. The summed E-state index contributed by atoms with van der Waals surface area (Å²) >= 11 is 0. The van der Waals surface area contributed by atoms with Crippen molar-refractivity contribution < 1.29 is 66.6 Å². The highest BCUT2D eigenvalue weighted by atomic mass is 19.4. The molecule has 0 bridgehead atoms. The van der Waals surface area contributed by atoms with E-state index < -0.39 is 78.6 Å². The van der Waals surface area contributed by atoms with E-state index >= 15 is 0 Å². The third kappa shape index (κ3) is 4.55. The Hall–Kier alpha value is -1.80. The van der Waals surface area contributed by atoms with E-state index in [1.165, 1.54) is 0 Å². The maximum atomic E-state index is 14.1. The van der Waals surface area contributed by atoms with Crippen LogP contribution >= 0.6 is 0 Å². The molecule has 0 unspecified atom stereocenters. The van der Waals surface area contributed by atoms with E-state index in [2.05, 4.69) is 0 Å². The molecular weight excluding hydrogens is 474 g/mol. The maximum absolute atomic E-state index is 14.1. The molecule has 1 radical (unpaired) electrons. The molecular formula is C16H11F14O. The summed E-state index contributed by atoms with van der Waals surface area (Å²) in [4.78, 5) is 0. The fourth-order valence-corrected chi connectivity index (χ4v) is 2.54. The highest BCUT2D eigenvalue weighted by Crippen LogP contribution is 2.56. The van der Waals surface area contributed by atoms with Gasteiger partial charge in [0.25, 0.3) is 0 Å². The number of hydrogen-bond acceptors (Lipinski definition) is 0. The van der Waals surface area contributed by atoms with Gasteiger partial charge in [0.05, 0.1) is 6.61 Å². The molecule has 1 aromatic carbocycles. The number of unbranched alkanes of at least 4 members (excludes halogenated alkanes) is 1. The van der Waals surface area contributed by atoms with Crippen LogP contribution in [0.1, 0.15) is 29.5 Å². The van der Waals surface area contributed by atoms with Crippen molar-refractivity contribution in [2.24, 2.45) is 0 Å². The largest absolute Gasteiger partial charge is 0.460 e. The van der Waals surface area contributed by atoms with Crippen LogP contribution in [0.3, 0.4) is 0 Å². The van der Waals surface area contributed by atoms with Crippen molar-refractivity contribution in [1.82, 2.24) is 0 Å². The van der Waals surface area contributed by atoms with Crippen LogP contribution in [0.25, 0.3) is 0 Å². The van der Waals surface area contributed by atoms with Crippen LogP contribution in [0.5, 0.6) is 0 Å². The van der Waals surface area contributed by atoms with Crippen molar-refractivity contribution in [3.05, 3.63) is 34.9 Å². The van der Waals surface area contributed by atoms with Crippen molar-refractivity contribution in [2.75, 3.05) is 6.61 Å². The lowest BCUT2D eigenvalue weighted by Crippen LogP contribution is -2.52. The average molecular weight is 485 g/mol. The first-order valence-corrected chi connectivity index (χ1v) is 8.03. The molecule has 0 aromatic heterocycles. The Bertz CT molecular complexity index is 706. The van der Waals surface area contributed by atoms with Gasteiger partial charge in [0.15, 0.2) is 0 Å². The molecule has 0 heterocycles. The first-order chi connectivity index (χ1) is 13.7. The third-order valence-electron chi connectivity index (χ3n) is 4.17. The van der Waals surface area contributed by atoms with E-state index in [-0.39, 0.29) is 18.2 Å². The van der Waals surface area contributed by atoms with Gasteiger partial charge in [0, 0.05) is 11.1 Å². The molecule has 0 aliphatic heterocycles. The molecule has 0 fully saturated rings. The molecule has 1 nitrogen and oxygen atoms in total. The molecule has 0 saturated carbocycles. The minimum Gasteiger partial charge on any atom is -0.237 e.